The van der Waals surface area contributed by atoms with Crippen LogP contribution in [-0.4, -0.2) is 63.9 Å². The summed E-state index contributed by atoms with van der Waals surface area (Å²) in [6, 6.07) is 5.89. The Morgan fingerprint density at radius 1 is 1.06 bits per heavy atom. The lowest BCUT2D eigenvalue weighted by Gasteiger charge is -2.35. The second-order valence-electron chi connectivity index (χ2n) is 9.88. The molecule has 1 saturated heterocycles. The molecule has 5 rings (SSSR count). The molecular weight excluding hydrogens is 441 g/mol. The van der Waals surface area contributed by atoms with Crippen LogP contribution in [0.25, 0.3) is 22.3 Å². The van der Waals surface area contributed by atoms with Gasteiger partial charge in [-0.1, -0.05) is 45.6 Å². The van der Waals surface area contributed by atoms with Gasteiger partial charge < -0.3 is 15.1 Å². The quantitative estimate of drug-likeness (QED) is 0.431. The van der Waals surface area contributed by atoms with Gasteiger partial charge in [-0.05, 0) is 37.9 Å². The first kappa shape index (κ1) is 24.0. The molecule has 7 nitrogen and oxygen atoms in total. The van der Waals surface area contributed by atoms with Gasteiger partial charge in [0.1, 0.15) is 11.5 Å². The average Bonchev–Trinajstić information content (AvgIpc) is 3.28. The molecule has 1 N–H and O–H groups in total. The molecule has 3 heterocycles. The molecule has 1 aromatic carbocycles. The third-order valence-electron chi connectivity index (χ3n) is 7.56. The molecule has 3 aromatic rings. The molecule has 2 aromatic heterocycles. The number of hydrogen-bond donors (Lipinski definition) is 1. The fourth-order valence-electron chi connectivity index (χ4n) is 5.39. The molecular formula is C27H38FN7. The number of nitrogens with zero attached hydrogens (tertiary/aromatic N) is 6. The monoisotopic (exact) mass is 479 g/mol. The van der Waals surface area contributed by atoms with Gasteiger partial charge in [-0.25, -0.2) is 14.1 Å². The summed E-state index contributed by atoms with van der Waals surface area (Å²) in [6.45, 7) is 9.90. The minimum atomic E-state index is -0.188. The Hall–Kier alpha value is -2.74. The van der Waals surface area contributed by atoms with E-state index in [2.05, 4.69) is 38.6 Å². The largest absolute Gasteiger partial charge is 0.367 e. The molecule has 35 heavy (non-hydrogen) atoms. The molecule has 8 heteroatoms. The smallest absolute Gasteiger partial charge is 0.224 e. The minimum Gasteiger partial charge on any atom is -0.367 e. The maximum Gasteiger partial charge on any atom is 0.224 e. The summed E-state index contributed by atoms with van der Waals surface area (Å²) in [5.41, 5.74) is 3.08. The van der Waals surface area contributed by atoms with Crippen LogP contribution in [0, 0.1) is 5.82 Å². The molecule has 0 unspecified atom stereocenters. The summed E-state index contributed by atoms with van der Waals surface area (Å²) in [5.74, 6) is 0.453. The van der Waals surface area contributed by atoms with E-state index in [1.165, 1.54) is 19.3 Å². The van der Waals surface area contributed by atoms with Crippen LogP contribution < -0.4 is 10.2 Å². The lowest BCUT2D eigenvalue weighted by molar-refractivity contribution is 0.270. The summed E-state index contributed by atoms with van der Waals surface area (Å²) < 4.78 is 17.5. The lowest BCUT2D eigenvalue weighted by atomic mass is 9.96. The highest BCUT2D eigenvalue weighted by Gasteiger charge is 2.24. The SMILES string of the molecule is CCCCNc1ncc2c(-c3ccc(N4CCN(CC)CC4)c(F)c3)nn(C3CCCCC3)c2n1. The van der Waals surface area contributed by atoms with Gasteiger partial charge in [0.25, 0.3) is 0 Å². The molecule has 188 valence electrons. The van der Waals surface area contributed by atoms with Crippen molar-refractivity contribution in [3.63, 3.8) is 0 Å². The van der Waals surface area contributed by atoms with Crippen molar-refractivity contribution >= 4 is 22.7 Å². The molecule has 2 aliphatic rings. The Bertz CT molecular complexity index is 1130. The first-order valence-corrected chi connectivity index (χ1v) is 13.4. The number of anilines is 2. The number of likely N-dealkylation sites (N-methyl/N-ethyl adjacent to an activating group) is 1. The molecule has 1 saturated carbocycles. The molecule has 1 aliphatic heterocycles. The number of halogens is 1. The van der Waals surface area contributed by atoms with Crippen molar-refractivity contribution in [2.75, 3.05) is 49.5 Å². The predicted octanol–water partition coefficient (Wildman–Crippen LogP) is 5.49. The summed E-state index contributed by atoms with van der Waals surface area (Å²) in [4.78, 5) is 14.0. The molecule has 0 spiro atoms. The van der Waals surface area contributed by atoms with E-state index in [1.54, 1.807) is 6.07 Å². The highest BCUT2D eigenvalue weighted by Crippen LogP contribution is 2.35. The molecule has 1 aliphatic carbocycles. The number of hydrogen-bond acceptors (Lipinski definition) is 6. The van der Waals surface area contributed by atoms with E-state index in [4.69, 9.17) is 10.1 Å². The minimum absolute atomic E-state index is 0.188. The Labute approximate surface area is 207 Å². The standard InChI is InChI=1S/C27H38FN7/c1-3-5-13-29-27-30-19-22-25(32-35(26(22)31-27)21-9-7-6-8-10-21)20-11-12-24(23(28)18-20)34-16-14-33(4-2)15-17-34/h11-12,18-19,21H,3-10,13-17H2,1-2H3,(H,29,30,31). The van der Waals surface area contributed by atoms with E-state index >= 15 is 4.39 Å². The molecule has 0 amide bonds. The Balaban J connectivity index is 1.47. The van der Waals surface area contributed by atoms with Crippen molar-refractivity contribution in [2.45, 2.75) is 64.8 Å². The zero-order valence-corrected chi connectivity index (χ0v) is 21.1. The second kappa shape index (κ2) is 10.9. The maximum absolute atomic E-state index is 15.4. The summed E-state index contributed by atoms with van der Waals surface area (Å²) in [7, 11) is 0. The van der Waals surface area contributed by atoms with Gasteiger partial charge >= 0.3 is 0 Å². The zero-order chi connectivity index (χ0) is 24.2. The van der Waals surface area contributed by atoms with E-state index < -0.39 is 0 Å². The molecule has 0 radical (unpaired) electrons. The number of unbranched alkanes of at least 4 members (excludes halogenated alkanes) is 1. The fourth-order valence-corrected chi connectivity index (χ4v) is 5.39. The van der Waals surface area contributed by atoms with Crippen LogP contribution in [0.1, 0.15) is 64.8 Å². The van der Waals surface area contributed by atoms with Crippen LogP contribution in [-0.2, 0) is 0 Å². The van der Waals surface area contributed by atoms with E-state index in [9.17, 15) is 0 Å². The van der Waals surface area contributed by atoms with Gasteiger partial charge in [0, 0.05) is 44.5 Å². The Morgan fingerprint density at radius 3 is 2.57 bits per heavy atom. The predicted molar refractivity (Wildman–Crippen MR) is 141 cm³/mol. The number of fused-ring (bicyclic) bond motifs is 1. The second-order valence-corrected chi connectivity index (χ2v) is 9.88. The van der Waals surface area contributed by atoms with Crippen LogP contribution in [0.2, 0.25) is 0 Å². The van der Waals surface area contributed by atoms with Gasteiger partial charge in [-0.15, -0.1) is 0 Å². The normalized spacial score (nSPS) is 17.9. The average molecular weight is 480 g/mol. The first-order valence-electron chi connectivity index (χ1n) is 13.4. The number of piperazine rings is 1. The maximum atomic E-state index is 15.4. The van der Waals surface area contributed by atoms with Crippen LogP contribution in [0.15, 0.2) is 24.4 Å². The van der Waals surface area contributed by atoms with Gasteiger partial charge in [-0.2, -0.15) is 10.1 Å². The van der Waals surface area contributed by atoms with Crippen LogP contribution in [0.3, 0.4) is 0 Å². The fraction of sp³-hybridized carbons (Fsp3) is 0.593. The van der Waals surface area contributed by atoms with Gasteiger partial charge in [0.05, 0.1) is 17.1 Å². The molecule has 0 bridgehead atoms. The third-order valence-corrected chi connectivity index (χ3v) is 7.56. The highest BCUT2D eigenvalue weighted by atomic mass is 19.1. The molecule has 0 atom stereocenters. The third kappa shape index (κ3) is 5.13. The number of aromatic nitrogens is 4. The Morgan fingerprint density at radius 2 is 1.86 bits per heavy atom. The van der Waals surface area contributed by atoms with Crippen LogP contribution in [0.4, 0.5) is 16.0 Å². The van der Waals surface area contributed by atoms with Crippen LogP contribution in [0.5, 0.6) is 0 Å². The first-order chi connectivity index (χ1) is 17.2. The zero-order valence-electron chi connectivity index (χ0n) is 21.1. The van der Waals surface area contributed by atoms with Gasteiger partial charge in [0.2, 0.25) is 5.95 Å². The van der Waals surface area contributed by atoms with Crippen molar-refractivity contribution in [1.29, 1.82) is 0 Å². The molecule has 2 fully saturated rings. The van der Waals surface area contributed by atoms with Crippen molar-refractivity contribution in [3.8, 4) is 11.3 Å². The van der Waals surface area contributed by atoms with E-state index in [-0.39, 0.29) is 5.82 Å². The lowest BCUT2D eigenvalue weighted by Crippen LogP contribution is -2.46. The Kier molecular flexibility index (Phi) is 7.46. The summed E-state index contributed by atoms with van der Waals surface area (Å²) >= 11 is 0. The van der Waals surface area contributed by atoms with E-state index in [0.717, 1.165) is 87.2 Å². The van der Waals surface area contributed by atoms with Crippen molar-refractivity contribution in [3.05, 3.63) is 30.2 Å². The highest BCUT2D eigenvalue weighted by molar-refractivity contribution is 5.91. The topological polar surface area (TPSA) is 62.1 Å². The van der Waals surface area contributed by atoms with Crippen molar-refractivity contribution < 1.29 is 4.39 Å². The van der Waals surface area contributed by atoms with Crippen molar-refractivity contribution in [2.24, 2.45) is 0 Å². The van der Waals surface area contributed by atoms with Gasteiger partial charge in [-0.3, -0.25) is 0 Å². The van der Waals surface area contributed by atoms with E-state index in [0.29, 0.717) is 17.7 Å². The number of rotatable bonds is 8. The van der Waals surface area contributed by atoms with Gasteiger partial charge in [0.15, 0.2) is 5.65 Å². The number of nitrogens with one attached hydrogen (secondary N) is 1. The van der Waals surface area contributed by atoms with Crippen molar-refractivity contribution in [1.82, 2.24) is 24.6 Å². The number of benzene rings is 1. The summed E-state index contributed by atoms with van der Waals surface area (Å²) in [6.07, 6.45) is 9.97. The van der Waals surface area contributed by atoms with E-state index in [1.807, 2.05) is 18.3 Å². The van der Waals surface area contributed by atoms with Crippen LogP contribution >= 0.6 is 0 Å². The summed E-state index contributed by atoms with van der Waals surface area (Å²) in [5, 5.41) is 9.26.